The highest BCUT2D eigenvalue weighted by atomic mass is 32.1. The van der Waals surface area contributed by atoms with Crippen LogP contribution in [-0.2, 0) is 17.6 Å². The number of carbonyl (C=O) groups is 1. The summed E-state index contributed by atoms with van der Waals surface area (Å²) in [5, 5.41) is 12.2. The van der Waals surface area contributed by atoms with E-state index < -0.39 is 0 Å². The standard InChI is InChI=1S/C19H19N3O2S/c1-2-14-9-6-10-16(11-14)24-13-17(23)20-19-22-21-18(25-19)12-15-7-4-3-5-8-15/h3-11H,2,12-13H2,1H3,(H,20,22,23). The van der Waals surface area contributed by atoms with E-state index in [1.165, 1.54) is 16.9 Å². The van der Waals surface area contributed by atoms with Crippen LogP contribution in [0, 0.1) is 0 Å². The Morgan fingerprint density at radius 2 is 1.88 bits per heavy atom. The maximum absolute atomic E-state index is 12.0. The van der Waals surface area contributed by atoms with Gasteiger partial charge in [0.25, 0.3) is 5.91 Å². The Morgan fingerprint density at radius 3 is 2.68 bits per heavy atom. The van der Waals surface area contributed by atoms with E-state index in [0.717, 1.165) is 17.0 Å². The van der Waals surface area contributed by atoms with Gasteiger partial charge in [-0.2, -0.15) is 0 Å². The number of nitrogens with one attached hydrogen (secondary N) is 1. The van der Waals surface area contributed by atoms with Gasteiger partial charge in [0.05, 0.1) is 0 Å². The van der Waals surface area contributed by atoms with Gasteiger partial charge in [-0.05, 0) is 29.7 Å². The van der Waals surface area contributed by atoms with Crippen LogP contribution in [0.25, 0.3) is 0 Å². The molecule has 2 aromatic carbocycles. The number of rotatable bonds is 7. The molecule has 1 amide bonds. The third-order valence-corrected chi connectivity index (χ3v) is 4.43. The van der Waals surface area contributed by atoms with Crippen LogP contribution in [0.4, 0.5) is 5.13 Å². The van der Waals surface area contributed by atoms with Gasteiger partial charge in [0.15, 0.2) is 6.61 Å². The molecule has 5 nitrogen and oxygen atoms in total. The first-order valence-electron chi connectivity index (χ1n) is 8.11. The van der Waals surface area contributed by atoms with Gasteiger partial charge in [-0.25, -0.2) is 0 Å². The summed E-state index contributed by atoms with van der Waals surface area (Å²) in [5.74, 6) is 0.445. The van der Waals surface area contributed by atoms with E-state index in [1.54, 1.807) is 0 Å². The zero-order valence-electron chi connectivity index (χ0n) is 13.9. The van der Waals surface area contributed by atoms with Crippen molar-refractivity contribution in [2.75, 3.05) is 11.9 Å². The van der Waals surface area contributed by atoms with Crippen molar-refractivity contribution in [1.29, 1.82) is 0 Å². The minimum atomic E-state index is -0.246. The maximum Gasteiger partial charge on any atom is 0.264 e. The number of amides is 1. The highest BCUT2D eigenvalue weighted by molar-refractivity contribution is 7.15. The average Bonchev–Trinajstić information content (AvgIpc) is 3.08. The zero-order chi connectivity index (χ0) is 17.5. The molecule has 1 N–H and O–H groups in total. The molecule has 0 fully saturated rings. The highest BCUT2D eigenvalue weighted by Gasteiger charge is 2.09. The Labute approximate surface area is 150 Å². The summed E-state index contributed by atoms with van der Waals surface area (Å²) in [6, 6.07) is 17.8. The molecule has 0 aliphatic heterocycles. The van der Waals surface area contributed by atoms with Crippen LogP contribution in [-0.4, -0.2) is 22.7 Å². The van der Waals surface area contributed by atoms with Crippen LogP contribution in [0.1, 0.15) is 23.1 Å². The van der Waals surface area contributed by atoms with Gasteiger partial charge < -0.3 is 4.74 Å². The Balaban J connectivity index is 1.51. The van der Waals surface area contributed by atoms with E-state index in [1.807, 2.05) is 54.6 Å². The van der Waals surface area contributed by atoms with Gasteiger partial charge in [0.1, 0.15) is 10.8 Å². The van der Waals surface area contributed by atoms with Crippen LogP contribution in [0.5, 0.6) is 5.75 Å². The van der Waals surface area contributed by atoms with Gasteiger partial charge in [-0.3, -0.25) is 10.1 Å². The van der Waals surface area contributed by atoms with E-state index >= 15 is 0 Å². The van der Waals surface area contributed by atoms with Crippen LogP contribution in [0.2, 0.25) is 0 Å². The fraction of sp³-hybridized carbons (Fsp3) is 0.211. The number of ether oxygens (including phenoxy) is 1. The molecule has 3 aromatic rings. The van der Waals surface area contributed by atoms with Crippen molar-refractivity contribution in [3.63, 3.8) is 0 Å². The topological polar surface area (TPSA) is 64.1 Å². The third kappa shape index (κ3) is 5.12. The maximum atomic E-state index is 12.0. The largest absolute Gasteiger partial charge is 0.484 e. The lowest BCUT2D eigenvalue weighted by molar-refractivity contribution is -0.118. The molecule has 128 valence electrons. The second-order valence-corrected chi connectivity index (χ2v) is 6.56. The molecule has 0 saturated heterocycles. The lowest BCUT2D eigenvalue weighted by Crippen LogP contribution is -2.20. The van der Waals surface area contributed by atoms with Gasteiger partial charge >= 0.3 is 0 Å². The molecule has 0 aliphatic rings. The number of benzene rings is 2. The number of aromatic nitrogens is 2. The molecular weight excluding hydrogens is 334 g/mol. The van der Waals surface area contributed by atoms with Crippen LogP contribution in [0.3, 0.4) is 0 Å². The van der Waals surface area contributed by atoms with E-state index in [0.29, 0.717) is 17.3 Å². The fourth-order valence-electron chi connectivity index (χ4n) is 2.31. The van der Waals surface area contributed by atoms with E-state index in [-0.39, 0.29) is 12.5 Å². The summed E-state index contributed by atoms with van der Waals surface area (Å²) in [4.78, 5) is 12.0. The van der Waals surface area contributed by atoms with Crippen molar-refractivity contribution in [2.45, 2.75) is 19.8 Å². The number of carbonyl (C=O) groups excluding carboxylic acids is 1. The summed E-state index contributed by atoms with van der Waals surface area (Å²) < 4.78 is 5.53. The Kier molecular flexibility index (Phi) is 5.74. The first-order chi connectivity index (χ1) is 12.2. The number of hydrogen-bond donors (Lipinski definition) is 1. The lowest BCUT2D eigenvalue weighted by atomic mass is 10.2. The van der Waals surface area contributed by atoms with Crippen molar-refractivity contribution >= 4 is 22.4 Å². The Hall–Kier alpha value is -2.73. The molecule has 0 atom stereocenters. The third-order valence-electron chi connectivity index (χ3n) is 3.59. The van der Waals surface area contributed by atoms with Crippen molar-refractivity contribution in [2.24, 2.45) is 0 Å². The Bertz CT molecular complexity index is 833. The second kappa shape index (κ2) is 8.39. The minimum absolute atomic E-state index is 0.0548. The van der Waals surface area contributed by atoms with Crippen LogP contribution < -0.4 is 10.1 Å². The summed E-state index contributed by atoms with van der Waals surface area (Å²) in [5.41, 5.74) is 2.34. The van der Waals surface area contributed by atoms with E-state index in [2.05, 4.69) is 22.4 Å². The molecule has 0 bridgehead atoms. The minimum Gasteiger partial charge on any atom is -0.484 e. The molecule has 3 rings (SSSR count). The number of anilines is 1. The molecule has 1 aromatic heterocycles. The number of nitrogens with zero attached hydrogens (tertiary/aromatic N) is 2. The monoisotopic (exact) mass is 353 g/mol. The SMILES string of the molecule is CCc1cccc(OCC(=O)Nc2nnc(Cc3ccccc3)s2)c1. The van der Waals surface area contributed by atoms with Gasteiger partial charge in [-0.15, -0.1) is 10.2 Å². The van der Waals surface area contributed by atoms with Crippen molar-refractivity contribution in [3.8, 4) is 5.75 Å². The van der Waals surface area contributed by atoms with Crippen LogP contribution in [0.15, 0.2) is 54.6 Å². The summed E-state index contributed by atoms with van der Waals surface area (Å²) in [6.07, 6.45) is 1.63. The van der Waals surface area contributed by atoms with E-state index in [9.17, 15) is 4.79 Å². The molecule has 25 heavy (non-hydrogen) atoms. The van der Waals surface area contributed by atoms with Gasteiger partial charge in [0, 0.05) is 6.42 Å². The molecule has 1 heterocycles. The smallest absolute Gasteiger partial charge is 0.264 e. The average molecular weight is 353 g/mol. The van der Waals surface area contributed by atoms with Crippen LogP contribution >= 0.6 is 11.3 Å². The summed E-state index contributed by atoms with van der Waals surface area (Å²) in [7, 11) is 0. The molecule has 0 saturated carbocycles. The Morgan fingerprint density at radius 1 is 1.08 bits per heavy atom. The normalized spacial score (nSPS) is 10.4. The molecule has 6 heteroatoms. The molecule has 0 radical (unpaired) electrons. The predicted molar refractivity (Wildman–Crippen MR) is 99.1 cm³/mol. The predicted octanol–water partition coefficient (Wildman–Crippen LogP) is 3.71. The fourth-order valence-corrected chi connectivity index (χ4v) is 3.10. The quantitative estimate of drug-likeness (QED) is 0.703. The van der Waals surface area contributed by atoms with Gasteiger partial charge in [0.2, 0.25) is 5.13 Å². The zero-order valence-corrected chi connectivity index (χ0v) is 14.8. The molecule has 0 spiro atoms. The highest BCUT2D eigenvalue weighted by Crippen LogP contribution is 2.19. The first-order valence-corrected chi connectivity index (χ1v) is 8.92. The van der Waals surface area contributed by atoms with Gasteiger partial charge in [-0.1, -0.05) is 60.7 Å². The van der Waals surface area contributed by atoms with E-state index in [4.69, 9.17) is 4.74 Å². The van der Waals surface area contributed by atoms with Crippen molar-refractivity contribution in [1.82, 2.24) is 10.2 Å². The number of hydrogen-bond acceptors (Lipinski definition) is 5. The molecule has 0 aliphatic carbocycles. The van der Waals surface area contributed by atoms with Crippen molar-refractivity contribution < 1.29 is 9.53 Å². The lowest BCUT2D eigenvalue weighted by Gasteiger charge is -2.06. The summed E-state index contributed by atoms with van der Waals surface area (Å²) >= 11 is 1.37. The molecule has 0 unspecified atom stereocenters. The molecular formula is C19H19N3O2S. The second-order valence-electron chi connectivity index (χ2n) is 5.50. The first kappa shape index (κ1) is 17.1. The summed E-state index contributed by atoms with van der Waals surface area (Å²) in [6.45, 7) is 2.02. The number of aryl methyl sites for hydroxylation is 1. The van der Waals surface area contributed by atoms with Crippen molar-refractivity contribution in [3.05, 3.63) is 70.7 Å².